The molecule has 0 aromatic heterocycles. The van der Waals surface area contributed by atoms with E-state index >= 15 is 0 Å². The van der Waals surface area contributed by atoms with Gasteiger partial charge in [-0.05, 0) is 32.1 Å². The summed E-state index contributed by atoms with van der Waals surface area (Å²) in [6.07, 6.45) is 9.48. The summed E-state index contributed by atoms with van der Waals surface area (Å²) in [7, 11) is 0. The number of nitrogens with zero attached hydrogens (tertiary/aromatic N) is 2. The first-order valence-electron chi connectivity index (χ1n) is 7.24. The number of rotatable bonds is 1. The Morgan fingerprint density at radius 1 is 1.00 bits per heavy atom. The fourth-order valence-electron chi connectivity index (χ4n) is 2.98. The van der Waals surface area contributed by atoms with E-state index in [-0.39, 0.29) is 6.03 Å². The third-order valence-corrected chi connectivity index (χ3v) is 4.16. The molecule has 2 fully saturated rings. The maximum atomic E-state index is 12.2. The van der Waals surface area contributed by atoms with Gasteiger partial charge >= 0.3 is 6.03 Å². The molecule has 18 heavy (non-hydrogen) atoms. The molecule has 0 atom stereocenters. The maximum absolute atomic E-state index is 12.2. The molecule has 0 bridgehead atoms. The molecule has 2 amide bonds. The van der Waals surface area contributed by atoms with Crippen LogP contribution in [0.1, 0.15) is 57.8 Å². The molecule has 0 aromatic carbocycles. The van der Waals surface area contributed by atoms with Gasteiger partial charge < -0.3 is 10.2 Å². The molecule has 1 saturated heterocycles. The molecule has 0 unspecified atom stereocenters. The minimum atomic E-state index is -0.606. The minimum absolute atomic E-state index is 0.0295. The van der Waals surface area contributed by atoms with Crippen LogP contribution in [0.5, 0.6) is 0 Å². The van der Waals surface area contributed by atoms with E-state index in [9.17, 15) is 10.1 Å². The average molecular weight is 249 g/mol. The Hall–Kier alpha value is -1.24. The second kappa shape index (κ2) is 6.08. The molecule has 4 nitrogen and oxygen atoms in total. The van der Waals surface area contributed by atoms with Gasteiger partial charge in [0, 0.05) is 13.1 Å². The van der Waals surface area contributed by atoms with Gasteiger partial charge in [-0.1, -0.05) is 25.7 Å². The summed E-state index contributed by atoms with van der Waals surface area (Å²) in [5.41, 5.74) is -0.606. The van der Waals surface area contributed by atoms with Crippen LogP contribution in [0, 0.1) is 11.3 Å². The first-order valence-corrected chi connectivity index (χ1v) is 7.24. The van der Waals surface area contributed by atoms with Gasteiger partial charge in [0.1, 0.15) is 5.54 Å². The second-order valence-corrected chi connectivity index (χ2v) is 5.59. The molecule has 1 saturated carbocycles. The zero-order chi connectivity index (χ0) is 12.8. The van der Waals surface area contributed by atoms with E-state index in [2.05, 4.69) is 11.4 Å². The Morgan fingerprint density at radius 3 is 2.11 bits per heavy atom. The van der Waals surface area contributed by atoms with Crippen LogP contribution in [-0.2, 0) is 0 Å². The normalized spacial score (nSPS) is 23.8. The number of carbonyl (C=O) groups excluding carboxylic acids is 1. The second-order valence-electron chi connectivity index (χ2n) is 5.59. The van der Waals surface area contributed by atoms with Crippen LogP contribution < -0.4 is 5.32 Å². The van der Waals surface area contributed by atoms with Crippen molar-refractivity contribution in [3.05, 3.63) is 0 Å². The zero-order valence-electron chi connectivity index (χ0n) is 11.1. The Balaban J connectivity index is 1.96. The standard InChI is InChI=1S/C14H23N3O/c15-12-14(8-4-1-2-5-9-14)16-13(18)17-10-6-3-7-11-17/h1-11H2,(H,16,18). The number of likely N-dealkylation sites (tertiary alicyclic amines) is 1. The summed E-state index contributed by atoms with van der Waals surface area (Å²) in [6, 6.07) is 2.34. The van der Waals surface area contributed by atoms with E-state index in [0.717, 1.165) is 51.6 Å². The number of urea groups is 1. The third-order valence-electron chi connectivity index (χ3n) is 4.16. The van der Waals surface area contributed by atoms with Gasteiger partial charge in [-0.25, -0.2) is 4.79 Å². The Kier molecular flexibility index (Phi) is 4.46. The first kappa shape index (κ1) is 13.2. The van der Waals surface area contributed by atoms with Crippen molar-refractivity contribution in [3.63, 3.8) is 0 Å². The molecule has 100 valence electrons. The fourth-order valence-corrected chi connectivity index (χ4v) is 2.98. The van der Waals surface area contributed by atoms with E-state index in [1.165, 1.54) is 19.3 Å². The molecular formula is C14H23N3O. The lowest BCUT2D eigenvalue weighted by atomic mass is 9.92. The van der Waals surface area contributed by atoms with Crippen molar-refractivity contribution in [2.45, 2.75) is 63.3 Å². The summed E-state index contributed by atoms with van der Waals surface area (Å²) in [6.45, 7) is 1.68. The van der Waals surface area contributed by atoms with E-state index < -0.39 is 5.54 Å². The predicted molar refractivity (Wildman–Crippen MR) is 70.0 cm³/mol. The molecule has 2 rings (SSSR count). The lowest BCUT2D eigenvalue weighted by Crippen LogP contribution is -2.53. The van der Waals surface area contributed by atoms with E-state index in [4.69, 9.17) is 0 Å². The van der Waals surface area contributed by atoms with Gasteiger partial charge in [0.25, 0.3) is 0 Å². The molecule has 0 spiro atoms. The highest BCUT2D eigenvalue weighted by Gasteiger charge is 2.34. The van der Waals surface area contributed by atoms with Crippen molar-refractivity contribution in [1.29, 1.82) is 5.26 Å². The summed E-state index contributed by atoms with van der Waals surface area (Å²) in [5, 5.41) is 12.4. The summed E-state index contributed by atoms with van der Waals surface area (Å²) in [4.78, 5) is 14.1. The van der Waals surface area contributed by atoms with Crippen LogP contribution in [-0.4, -0.2) is 29.6 Å². The minimum Gasteiger partial charge on any atom is -0.325 e. The predicted octanol–water partition coefficient (Wildman–Crippen LogP) is 2.80. The van der Waals surface area contributed by atoms with Crippen molar-refractivity contribution < 1.29 is 4.79 Å². The first-order chi connectivity index (χ1) is 8.76. The van der Waals surface area contributed by atoms with Gasteiger partial charge in [0.2, 0.25) is 0 Å². The summed E-state index contributed by atoms with van der Waals surface area (Å²) in [5.74, 6) is 0. The van der Waals surface area contributed by atoms with Crippen LogP contribution >= 0.6 is 0 Å². The van der Waals surface area contributed by atoms with Crippen molar-refractivity contribution in [2.75, 3.05) is 13.1 Å². The largest absolute Gasteiger partial charge is 0.325 e. The van der Waals surface area contributed by atoms with Crippen LogP contribution in [0.25, 0.3) is 0 Å². The molecule has 1 aliphatic carbocycles. The zero-order valence-corrected chi connectivity index (χ0v) is 11.1. The molecule has 0 radical (unpaired) electrons. The number of amides is 2. The Labute approximate surface area is 109 Å². The van der Waals surface area contributed by atoms with Crippen molar-refractivity contribution in [1.82, 2.24) is 10.2 Å². The molecular weight excluding hydrogens is 226 g/mol. The third kappa shape index (κ3) is 3.16. The number of nitrogens with one attached hydrogen (secondary N) is 1. The number of hydrogen-bond acceptors (Lipinski definition) is 2. The molecule has 0 aromatic rings. The van der Waals surface area contributed by atoms with Gasteiger partial charge in [-0.2, -0.15) is 5.26 Å². The van der Waals surface area contributed by atoms with E-state index in [1.54, 1.807) is 0 Å². The number of carbonyl (C=O) groups is 1. The maximum Gasteiger partial charge on any atom is 0.318 e. The number of nitriles is 1. The van der Waals surface area contributed by atoms with Gasteiger partial charge in [-0.3, -0.25) is 0 Å². The van der Waals surface area contributed by atoms with E-state index in [1.807, 2.05) is 4.90 Å². The van der Waals surface area contributed by atoms with E-state index in [0.29, 0.717) is 0 Å². The SMILES string of the molecule is N#CC1(NC(=O)N2CCCCC2)CCCCCC1. The average Bonchev–Trinajstić information content (AvgIpc) is 2.66. The van der Waals surface area contributed by atoms with Crippen LogP contribution in [0.3, 0.4) is 0 Å². The van der Waals surface area contributed by atoms with Crippen molar-refractivity contribution in [2.24, 2.45) is 0 Å². The monoisotopic (exact) mass is 249 g/mol. The lowest BCUT2D eigenvalue weighted by molar-refractivity contribution is 0.175. The highest BCUT2D eigenvalue weighted by atomic mass is 16.2. The molecule has 1 aliphatic heterocycles. The Bertz CT molecular complexity index is 320. The topological polar surface area (TPSA) is 56.1 Å². The highest BCUT2D eigenvalue weighted by Crippen LogP contribution is 2.27. The smallest absolute Gasteiger partial charge is 0.318 e. The molecule has 2 aliphatic rings. The van der Waals surface area contributed by atoms with Crippen molar-refractivity contribution in [3.8, 4) is 6.07 Å². The summed E-state index contributed by atoms with van der Waals surface area (Å²) >= 11 is 0. The quantitative estimate of drug-likeness (QED) is 0.726. The van der Waals surface area contributed by atoms with Gasteiger partial charge in [0.15, 0.2) is 0 Å². The van der Waals surface area contributed by atoms with Crippen LogP contribution in [0.2, 0.25) is 0 Å². The Morgan fingerprint density at radius 2 is 1.56 bits per heavy atom. The van der Waals surface area contributed by atoms with Gasteiger partial charge in [-0.15, -0.1) is 0 Å². The number of hydrogen-bond donors (Lipinski definition) is 1. The number of piperidine rings is 1. The lowest BCUT2D eigenvalue weighted by Gasteiger charge is -2.32. The summed E-state index contributed by atoms with van der Waals surface area (Å²) < 4.78 is 0. The van der Waals surface area contributed by atoms with Crippen LogP contribution in [0.15, 0.2) is 0 Å². The highest BCUT2D eigenvalue weighted by molar-refractivity contribution is 5.75. The van der Waals surface area contributed by atoms with Gasteiger partial charge in [0.05, 0.1) is 6.07 Å². The van der Waals surface area contributed by atoms with Crippen molar-refractivity contribution >= 4 is 6.03 Å². The fraction of sp³-hybridized carbons (Fsp3) is 0.857. The molecule has 4 heteroatoms. The molecule has 1 heterocycles. The molecule has 1 N–H and O–H groups in total. The van der Waals surface area contributed by atoms with Crippen LogP contribution in [0.4, 0.5) is 4.79 Å².